The monoisotopic (exact) mass is 628 g/mol. The lowest BCUT2D eigenvalue weighted by atomic mass is 10.1. The van der Waals surface area contributed by atoms with E-state index >= 15 is 4.39 Å². The van der Waals surface area contributed by atoms with Gasteiger partial charge in [-0.2, -0.15) is 0 Å². The van der Waals surface area contributed by atoms with Gasteiger partial charge >= 0.3 is 0 Å². The average molecular weight is 629 g/mol. The normalized spacial score (nSPS) is 12.0. The van der Waals surface area contributed by atoms with Gasteiger partial charge in [0.15, 0.2) is 0 Å². The number of halogens is 3. The summed E-state index contributed by atoms with van der Waals surface area (Å²) in [5.74, 6) is -0.837. The zero-order chi connectivity index (χ0) is 31.1. The molecule has 0 fully saturated rings. The van der Waals surface area contributed by atoms with Crippen molar-refractivity contribution < 1.29 is 31.5 Å². The van der Waals surface area contributed by atoms with E-state index in [2.05, 4.69) is 0 Å². The molecule has 0 bridgehead atoms. The quantitative estimate of drug-likeness (QED) is 0.156. The lowest BCUT2D eigenvalue weighted by Crippen LogP contribution is -2.34. The van der Waals surface area contributed by atoms with E-state index in [1.165, 1.54) is 24.3 Å². The van der Waals surface area contributed by atoms with Crippen molar-refractivity contribution in [3.8, 4) is 11.5 Å². The molecule has 0 saturated carbocycles. The first-order valence-corrected chi connectivity index (χ1v) is 15.2. The summed E-state index contributed by atoms with van der Waals surface area (Å²) < 4.78 is 69.2. The first-order valence-electron chi connectivity index (χ1n) is 13.4. The van der Waals surface area contributed by atoms with Gasteiger partial charge in [-0.15, -0.1) is 0 Å². The van der Waals surface area contributed by atoms with Gasteiger partial charge in [-0.25, -0.2) is 17.2 Å². The highest BCUT2D eigenvalue weighted by Crippen LogP contribution is 2.38. The van der Waals surface area contributed by atoms with Crippen LogP contribution in [0.25, 0.3) is 0 Å². The number of hydrogen-bond donors (Lipinski definition) is 0. The van der Waals surface area contributed by atoms with Crippen molar-refractivity contribution in [1.82, 2.24) is 4.90 Å². The van der Waals surface area contributed by atoms with E-state index in [0.717, 1.165) is 22.5 Å². The molecule has 0 saturated heterocycles. The highest BCUT2D eigenvalue weighted by Gasteiger charge is 2.34. The van der Waals surface area contributed by atoms with E-state index in [1.54, 1.807) is 74.5 Å². The number of ether oxygens (including phenoxy) is 2. The molecule has 0 radical (unpaired) electrons. The molecule has 0 spiro atoms. The van der Waals surface area contributed by atoms with Crippen molar-refractivity contribution in [2.45, 2.75) is 24.3 Å². The minimum Gasteiger partial charge on any atom is -0.497 e. The first kappa shape index (κ1) is 31.8. The van der Waals surface area contributed by atoms with Gasteiger partial charge in [-0.3, -0.25) is 9.10 Å². The summed E-state index contributed by atoms with van der Waals surface area (Å²) in [6.45, 7) is 2.18. The minimum atomic E-state index is -4.39. The molecular formula is C32H31ClF2N2O5S. The predicted octanol–water partition coefficient (Wildman–Crippen LogP) is 7.12. The van der Waals surface area contributed by atoms with Crippen molar-refractivity contribution in [2.24, 2.45) is 0 Å². The van der Waals surface area contributed by atoms with Crippen LogP contribution in [-0.2, 0) is 10.0 Å². The number of benzene rings is 4. The molecule has 226 valence electrons. The van der Waals surface area contributed by atoms with Gasteiger partial charge in [0.25, 0.3) is 15.9 Å². The van der Waals surface area contributed by atoms with E-state index in [4.69, 9.17) is 21.1 Å². The second kappa shape index (κ2) is 13.9. The molecule has 1 atom stereocenters. The zero-order valence-electron chi connectivity index (χ0n) is 23.8. The molecule has 43 heavy (non-hydrogen) atoms. The van der Waals surface area contributed by atoms with Gasteiger partial charge in [0.2, 0.25) is 0 Å². The summed E-state index contributed by atoms with van der Waals surface area (Å²) >= 11 is 5.96. The topological polar surface area (TPSA) is 76.2 Å². The maximum atomic E-state index is 15.1. The molecule has 0 aromatic heterocycles. The van der Waals surface area contributed by atoms with Crippen LogP contribution >= 0.6 is 11.6 Å². The molecule has 1 amide bonds. The third-order valence-electron chi connectivity index (χ3n) is 6.82. The summed E-state index contributed by atoms with van der Waals surface area (Å²) in [7, 11) is -1.15. The van der Waals surface area contributed by atoms with Crippen molar-refractivity contribution in [2.75, 3.05) is 31.6 Å². The summed E-state index contributed by atoms with van der Waals surface area (Å²) in [6.07, 6.45) is 0.479. The van der Waals surface area contributed by atoms with Crippen molar-refractivity contribution in [1.29, 1.82) is 0 Å². The highest BCUT2D eigenvalue weighted by atomic mass is 35.5. The number of anilines is 1. The standard InChI is InChI=1S/C32H31ClF2N2O5S/c1-22(37(30-21-25(34)13-18-29(30)35)43(39,40)27-16-11-24(33)12-17-27)28-7-4-5-8-31(28)42-20-6-19-36(2)32(38)23-9-14-26(41-3)15-10-23/h4-5,7-18,21-22H,6,19-20H2,1-3H3. The Bertz CT molecular complexity index is 1670. The Morgan fingerprint density at radius 1 is 0.953 bits per heavy atom. The fourth-order valence-corrected chi connectivity index (χ4v) is 6.31. The summed E-state index contributed by atoms with van der Waals surface area (Å²) in [5, 5.41) is 0.325. The molecule has 4 aromatic rings. The molecule has 0 aliphatic rings. The maximum Gasteiger partial charge on any atom is 0.264 e. The molecule has 1 unspecified atom stereocenters. The lowest BCUT2D eigenvalue weighted by molar-refractivity contribution is 0.0787. The molecule has 0 aliphatic heterocycles. The van der Waals surface area contributed by atoms with Crippen LogP contribution in [0.3, 0.4) is 0 Å². The third-order valence-corrected chi connectivity index (χ3v) is 8.97. The average Bonchev–Trinajstić information content (AvgIpc) is 3.01. The number of sulfonamides is 1. The van der Waals surface area contributed by atoms with Gasteiger partial charge in [0.1, 0.15) is 23.1 Å². The van der Waals surface area contributed by atoms with Crippen LogP contribution in [0, 0.1) is 11.6 Å². The van der Waals surface area contributed by atoms with Crippen LogP contribution in [0.5, 0.6) is 11.5 Å². The highest BCUT2D eigenvalue weighted by molar-refractivity contribution is 7.92. The van der Waals surface area contributed by atoms with Gasteiger partial charge in [-0.1, -0.05) is 29.8 Å². The molecule has 0 aliphatic carbocycles. The van der Waals surface area contributed by atoms with E-state index in [1.807, 2.05) is 0 Å². The van der Waals surface area contributed by atoms with Crippen molar-refractivity contribution in [3.05, 3.63) is 119 Å². The molecular weight excluding hydrogens is 598 g/mol. The first-order chi connectivity index (χ1) is 20.5. The number of carbonyl (C=O) groups excluding carboxylic acids is 1. The number of carbonyl (C=O) groups is 1. The molecule has 7 nitrogen and oxygen atoms in total. The van der Waals surface area contributed by atoms with Gasteiger partial charge in [0.05, 0.1) is 30.3 Å². The van der Waals surface area contributed by atoms with Crippen LogP contribution in [-0.4, -0.2) is 46.5 Å². The zero-order valence-corrected chi connectivity index (χ0v) is 25.4. The van der Waals surface area contributed by atoms with Crippen LogP contribution in [0.4, 0.5) is 14.5 Å². The number of para-hydroxylation sites is 1. The number of amides is 1. The largest absolute Gasteiger partial charge is 0.497 e. The SMILES string of the molecule is COc1ccc(C(=O)N(C)CCCOc2ccccc2C(C)N(c2cc(F)ccc2F)S(=O)(=O)c2ccc(Cl)cc2)cc1. The maximum absolute atomic E-state index is 15.1. The third kappa shape index (κ3) is 7.44. The molecule has 0 heterocycles. The fraction of sp³-hybridized carbons (Fsp3) is 0.219. The lowest BCUT2D eigenvalue weighted by Gasteiger charge is -2.32. The summed E-state index contributed by atoms with van der Waals surface area (Å²) in [4.78, 5) is 14.2. The van der Waals surface area contributed by atoms with Crippen LogP contribution < -0.4 is 13.8 Å². The Labute approximate surface area is 255 Å². The number of rotatable bonds is 12. The van der Waals surface area contributed by atoms with Crippen LogP contribution in [0.1, 0.15) is 35.3 Å². The Kier molecular flexibility index (Phi) is 10.3. The van der Waals surface area contributed by atoms with Gasteiger partial charge < -0.3 is 14.4 Å². The molecule has 11 heteroatoms. The van der Waals surface area contributed by atoms with E-state index in [0.29, 0.717) is 40.6 Å². The van der Waals surface area contributed by atoms with Crippen molar-refractivity contribution >= 4 is 33.2 Å². The van der Waals surface area contributed by atoms with E-state index in [9.17, 15) is 17.6 Å². The van der Waals surface area contributed by atoms with Crippen LogP contribution in [0.15, 0.2) is 95.9 Å². The van der Waals surface area contributed by atoms with Gasteiger partial charge in [-0.05, 0) is 80.1 Å². The number of methoxy groups -OCH3 is 1. The molecule has 0 N–H and O–H groups in total. The Balaban J connectivity index is 1.55. The molecule has 4 rings (SSSR count). The van der Waals surface area contributed by atoms with E-state index in [-0.39, 0.29) is 17.4 Å². The Morgan fingerprint density at radius 2 is 1.63 bits per heavy atom. The van der Waals surface area contributed by atoms with Gasteiger partial charge in [0, 0.05) is 35.8 Å². The number of hydrogen-bond acceptors (Lipinski definition) is 5. The fourth-order valence-electron chi connectivity index (χ4n) is 4.54. The van der Waals surface area contributed by atoms with Crippen LogP contribution in [0.2, 0.25) is 5.02 Å². The second-order valence-corrected chi connectivity index (χ2v) is 12.0. The predicted molar refractivity (Wildman–Crippen MR) is 162 cm³/mol. The van der Waals surface area contributed by atoms with E-state index < -0.39 is 33.4 Å². The minimum absolute atomic E-state index is 0.143. The Hall–Kier alpha value is -4.15. The number of nitrogens with zero attached hydrogens (tertiary/aromatic N) is 2. The van der Waals surface area contributed by atoms with Crippen molar-refractivity contribution in [3.63, 3.8) is 0 Å². The smallest absolute Gasteiger partial charge is 0.264 e. The summed E-state index contributed by atoms with van der Waals surface area (Å²) in [5.41, 5.74) is 0.511. The molecule has 4 aromatic carbocycles. The Morgan fingerprint density at radius 3 is 2.30 bits per heavy atom. The second-order valence-electron chi connectivity index (χ2n) is 9.72. The summed E-state index contributed by atoms with van der Waals surface area (Å²) in [6, 6.07) is 20.7.